The number of hydrogen-bond acceptors (Lipinski definition) is 4. The van der Waals surface area contributed by atoms with Crippen molar-refractivity contribution in [1.82, 2.24) is 0 Å². The molecule has 94 valence electrons. The van der Waals surface area contributed by atoms with Crippen molar-refractivity contribution in [3.05, 3.63) is 53.6 Å². The summed E-state index contributed by atoms with van der Waals surface area (Å²) in [5.41, 5.74) is 6.72. The lowest BCUT2D eigenvalue weighted by Crippen LogP contribution is -2.12. The second kappa shape index (κ2) is 5.10. The number of phenols is 1. The minimum Gasteiger partial charge on any atom is -0.506 e. The van der Waals surface area contributed by atoms with Crippen LogP contribution >= 0.6 is 0 Å². The van der Waals surface area contributed by atoms with E-state index in [4.69, 9.17) is 11.0 Å². The van der Waals surface area contributed by atoms with Gasteiger partial charge in [0.25, 0.3) is 5.91 Å². The first kappa shape index (κ1) is 12.5. The number of nitrogens with zero attached hydrogens (tertiary/aromatic N) is 1. The number of anilines is 2. The van der Waals surface area contributed by atoms with Gasteiger partial charge in [-0.05, 0) is 30.3 Å². The van der Waals surface area contributed by atoms with Gasteiger partial charge in [-0.25, -0.2) is 0 Å². The van der Waals surface area contributed by atoms with E-state index in [2.05, 4.69) is 5.32 Å². The standard InChI is InChI=1S/C14H11N3O2/c15-8-10-3-1-2-4-12(10)17-14(19)9-5-6-11(16)13(18)7-9/h1-7,18H,16H2,(H,17,19). The van der Waals surface area contributed by atoms with Gasteiger partial charge in [0.2, 0.25) is 0 Å². The average Bonchev–Trinajstić information content (AvgIpc) is 2.42. The molecule has 0 aromatic heterocycles. The molecule has 0 unspecified atom stereocenters. The lowest BCUT2D eigenvalue weighted by atomic mass is 10.1. The Kier molecular flexibility index (Phi) is 3.35. The molecule has 0 aliphatic rings. The Hall–Kier alpha value is -3.00. The highest BCUT2D eigenvalue weighted by Crippen LogP contribution is 2.22. The molecule has 0 spiro atoms. The number of phenolic OH excluding ortho intramolecular Hbond substituents is 1. The summed E-state index contributed by atoms with van der Waals surface area (Å²) in [5.74, 6) is -0.570. The monoisotopic (exact) mass is 253 g/mol. The predicted molar refractivity (Wildman–Crippen MR) is 71.6 cm³/mol. The third-order valence-corrected chi connectivity index (χ3v) is 2.59. The highest BCUT2D eigenvalue weighted by atomic mass is 16.3. The summed E-state index contributed by atoms with van der Waals surface area (Å²) in [5, 5.41) is 21.0. The van der Waals surface area contributed by atoms with E-state index in [1.165, 1.54) is 18.2 Å². The molecule has 19 heavy (non-hydrogen) atoms. The van der Waals surface area contributed by atoms with Crippen molar-refractivity contribution in [2.75, 3.05) is 11.1 Å². The quantitative estimate of drug-likeness (QED) is 0.563. The second-order valence-electron chi connectivity index (χ2n) is 3.89. The number of nitrogen functional groups attached to an aromatic ring is 1. The number of rotatable bonds is 2. The number of para-hydroxylation sites is 1. The van der Waals surface area contributed by atoms with Crippen LogP contribution in [-0.2, 0) is 0 Å². The summed E-state index contributed by atoms with van der Waals surface area (Å²) in [6.45, 7) is 0. The van der Waals surface area contributed by atoms with E-state index in [-0.39, 0.29) is 17.0 Å². The molecule has 0 saturated carbocycles. The van der Waals surface area contributed by atoms with Crippen LogP contribution in [0, 0.1) is 11.3 Å². The molecule has 0 aliphatic carbocycles. The SMILES string of the molecule is N#Cc1ccccc1NC(=O)c1ccc(N)c(O)c1. The molecule has 0 aliphatic heterocycles. The van der Waals surface area contributed by atoms with Crippen LogP contribution in [0.3, 0.4) is 0 Å². The molecular formula is C14H11N3O2. The fraction of sp³-hybridized carbons (Fsp3) is 0. The van der Waals surface area contributed by atoms with Crippen molar-refractivity contribution in [3.63, 3.8) is 0 Å². The maximum atomic E-state index is 12.0. The lowest BCUT2D eigenvalue weighted by Gasteiger charge is -2.07. The highest BCUT2D eigenvalue weighted by molar-refractivity contribution is 6.05. The summed E-state index contributed by atoms with van der Waals surface area (Å²) < 4.78 is 0. The first-order valence-electron chi connectivity index (χ1n) is 5.51. The highest BCUT2D eigenvalue weighted by Gasteiger charge is 2.10. The molecule has 2 aromatic rings. The Morgan fingerprint density at radius 3 is 2.68 bits per heavy atom. The molecule has 4 N–H and O–H groups in total. The summed E-state index contributed by atoms with van der Waals surface area (Å²) in [6, 6.07) is 12.9. The normalized spacial score (nSPS) is 9.63. The van der Waals surface area contributed by atoms with E-state index in [9.17, 15) is 9.90 Å². The smallest absolute Gasteiger partial charge is 0.255 e. The van der Waals surface area contributed by atoms with E-state index in [0.717, 1.165) is 0 Å². The average molecular weight is 253 g/mol. The van der Waals surface area contributed by atoms with Crippen molar-refractivity contribution in [3.8, 4) is 11.8 Å². The van der Waals surface area contributed by atoms with Gasteiger partial charge in [-0.1, -0.05) is 12.1 Å². The maximum Gasteiger partial charge on any atom is 0.255 e. The summed E-state index contributed by atoms with van der Waals surface area (Å²) in [6.07, 6.45) is 0. The number of amides is 1. The number of nitriles is 1. The van der Waals surface area contributed by atoms with Gasteiger partial charge in [0.05, 0.1) is 16.9 Å². The van der Waals surface area contributed by atoms with Gasteiger partial charge in [-0.2, -0.15) is 5.26 Å². The minimum absolute atomic E-state index is 0.152. The molecule has 0 radical (unpaired) electrons. The van der Waals surface area contributed by atoms with Crippen molar-refractivity contribution >= 4 is 17.3 Å². The van der Waals surface area contributed by atoms with Crippen molar-refractivity contribution in [2.45, 2.75) is 0 Å². The van der Waals surface area contributed by atoms with Gasteiger partial charge in [0.15, 0.2) is 0 Å². The number of hydrogen-bond donors (Lipinski definition) is 3. The second-order valence-corrected chi connectivity index (χ2v) is 3.89. The Morgan fingerprint density at radius 1 is 1.26 bits per heavy atom. The number of nitrogens with two attached hydrogens (primary N) is 1. The van der Waals surface area contributed by atoms with Crippen LogP contribution in [0.25, 0.3) is 0 Å². The molecule has 2 rings (SSSR count). The number of nitrogens with one attached hydrogen (secondary N) is 1. The molecule has 5 heteroatoms. The Balaban J connectivity index is 2.26. The van der Waals surface area contributed by atoms with Gasteiger partial charge < -0.3 is 16.2 Å². The van der Waals surface area contributed by atoms with Crippen LogP contribution in [0.15, 0.2) is 42.5 Å². The molecule has 2 aromatic carbocycles. The van der Waals surface area contributed by atoms with Crippen molar-refractivity contribution in [2.24, 2.45) is 0 Å². The van der Waals surface area contributed by atoms with E-state index in [1.54, 1.807) is 24.3 Å². The number of carbonyl (C=O) groups excluding carboxylic acids is 1. The van der Waals surface area contributed by atoms with E-state index < -0.39 is 5.91 Å². The van der Waals surface area contributed by atoms with Crippen LogP contribution in [0.4, 0.5) is 11.4 Å². The summed E-state index contributed by atoms with van der Waals surface area (Å²) in [4.78, 5) is 12.0. The molecule has 0 saturated heterocycles. The Morgan fingerprint density at radius 2 is 2.00 bits per heavy atom. The number of aromatic hydroxyl groups is 1. The van der Waals surface area contributed by atoms with Crippen LogP contribution in [-0.4, -0.2) is 11.0 Å². The van der Waals surface area contributed by atoms with Gasteiger partial charge in [-0.15, -0.1) is 0 Å². The molecule has 0 bridgehead atoms. The van der Waals surface area contributed by atoms with E-state index in [0.29, 0.717) is 11.3 Å². The van der Waals surface area contributed by atoms with Gasteiger partial charge in [0, 0.05) is 5.56 Å². The van der Waals surface area contributed by atoms with E-state index >= 15 is 0 Å². The van der Waals surface area contributed by atoms with Gasteiger partial charge in [0.1, 0.15) is 11.8 Å². The number of carbonyl (C=O) groups is 1. The van der Waals surface area contributed by atoms with Crippen LogP contribution in [0.2, 0.25) is 0 Å². The topological polar surface area (TPSA) is 99.1 Å². The molecule has 5 nitrogen and oxygen atoms in total. The van der Waals surface area contributed by atoms with Crippen LogP contribution in [0.5, 0.6) is 5.75 Å². The predicted octanol–water partition coefficient (Wildman–Crippen LogP) is 2.10. The first-order chi connectivity index (χ1) is 9.11. The van der Waals surface area contributed by atoms with E-state index in [1.807, 2.05) is 6.07 Å². The fourth-order valence-electron chi connectivity index (χ4n) is 1.57. The Bertz CT molecular complexity index is 675. The summed E-state index contributed by atoms with van der Waals surface area (Å²) >= 11 is 0. The number of benzene rings is 2. The summed E-state index contributed by atoms with van der Waals surface area (Å²) in [7, 11) is 0. The maximum absolute atomic E-state index is 12.0. The lowest BCUT2D eigenvalue weighted by molar-refractivity contribution is 0.102. The Labute approximate surface area is 109 Å². The molecule has 1 amide bonds. The van der Waals surface area contributed by atoms with Crippen LogP contribution < -0.4 is 11.1 Å². The minimum atomic E-state index is -0.419. The van der Waals surface area contributed by atoms with Crippen molar-refractivity contribution in [1.29, 1.82) is 5.26 Å². The zero-order chi connectivity index (χ0) is 13.8. The van der Waals surface area contributed by atoms with Gasteiger partial charge >= 0.3 is 0 Å². The van der Waals surface area contributed by atoms with Crippen LogP contribution in [0.1, 0.15) is 15.9 Å². The van der Waals surface area contributed by atoms with Gasteiger partial charge in [-0.3, -0.25) is 4.79 Å². The molecule has 0 fully saturated rings. The third kappa shape index (κ3) is 2.64. The zero-order valence-corrected chi connectivity index (χ0v) is 9.92. The fourth-order valence-corrected chi connectivity index (χ4v) is 1.57. The molecular weight excluding hydrogens is 242 g/mol. The molecule has 0 atom stereocenters. The zero-order valence-electron chi connectivity index (χ0n) is 9.92. The third-order valence-electron chi connectivity index (χ3n) is 2.59. The van der Waals surface area contributed by atoms with Crippen molar-refractivity contribution < 1.29 is 9.90 Å². The molecule has 0 heterocycles. The first-order valence-corrected chi connectivity index (χ1v) is 5.51. The largest absolute Gasteiger partial charge is 0.506 e.